The monoisotopic (exact) mass is 568 g/mol. The molecule has 0 aliphatic rings. The first-order valence-electron chi connectivity index (χ1n) is 15.8. The van der Waals surface area contributed by atoms with E-state index < -0.39 is 0 Å². The van der Waals surface area contributed by atoms with Crippen LogP contribution in [0.2, 0.25) is 0 Å². The molecule has 0 fully saturated rings. The lowest BCUT2D eigenvalue weighted by Crippen LogP contribution is -2.08. The molecule has 228 valence electrons. The maximum Gasteiger partial charge on any atom is 0.204 e. The normalized spacial score (nSPS) is 11.0. The largest absolute Gasteiger partial charge is 0.490 e. The van der Waals surface area contributed by atoms with Crippen LogP contribution in [0.3, 0.4) is 0 Å². The van der Waals surface area contributed by atoms with Crippen LogP contribution < -0.4 is 23.7 Å². The van der Waals surface area contributed by atoms with Crippen molar-refractivity contribution < 1.29 is 28.5 Å². The summed E-state index contributed by atoms with van der Waals surface area (Å²) in [5, 5.41) is 0. The summed E-state index contributed by atoms with van der Waals surface area (Å²) in [6.45, 7) is 13.5. The van der Waals surface area contributed by atoms with Crippen molar-refractivity contribution in [3.63, 3.8) is 0 Å². The van der Waals surface area contributed by atoms with Crippen molar-refractivity contribution in [3.8, 4) is 28.7 Å². The van der Waals surface area contributed by atoms with E-state index in [0.717, 1.165) is 69.8 Å². The standard InChI is InChI=1S/C35H52O6/c1-6-11-23-37-31-18-16-17-29(34(31)40-26-14-9-4)30(36)21-19-28-20-22-32(38-24-12-7-2)35(41-27-15-10-5)33(28)39-25-13-8-3/h16-22H,6-15,23-27H2,1-5H3/b21-19+. The molecule has 6 heteroatoms. The molecule has 0 atom stereocenters. The number of hydrogen-bond donors (Lipinski definition) is 0. The Kier molecular flexibility index (Phi) is 17.2. The van der Waals surface area contributed by atoms with Gasteiger partial charge in [0.25, 0.3) is 0 Å². The Morgan fingerprint density at radius 1 is 0.561 bits per heavy atom. The minimum atomic E-state index is -0.159. The second-order valence-corrected chi connectivity index (χ2v) is 10.2. The molecule has 0 bridgehead atoms. The third-order valence-corrected chi connectivity index (χ3v) is 6.51. The van der Waals surface area contributed by atoms with Crippen molar-refractivity contribution in [2.75, 3.05) is 33.0 Å². The van der Waals surface area contributed by atoms with Crippen LogP contribution in [0.1, 0.15) is 115 Å². The zero-order valence-electron chi connectivity index (χ0n) is 26.1. The van der Waals surface area contributed by atoms with Crippen LogP contribution in [0, 0.1) is 0 Å². The molecule has 0 amide bonds. The van der Waals surface area contributed by atoms with E-state index in [1.165, 1.54) is 0 Å². The van der Waals surface area contributed by atoms with Crippen molar-refractivity contribution in [2.45, 2.75) is 98.8 Å². The fourth-order valence-electron chi connectivity index (χ4n) is 3.93. The van der Waals surface area contributed by atoms with Crippen molar-refractivity contribution in [3.05, 3.63) is 47.5 Å². The van der Waals surface area contributed by atoms with Crippen LogP contribution in [0.15, 0.2) is 36.4 Å². The van der Waals surface area contributed by atoms with Crippen molar-refractivity contribution in [1.82, 2.24) is 0 Å². The van der Waals surface area contributed by atoms with Gasteiger partial charge >= 0.3 is 0 Å². The zero-order valence-corrected chi connectivity index (χ0v) is 26.1. The predicted molar refractivity (Wildman–Crippen MR) is 168 cm³/mol. The lowest BCUT2D eigenvalue weighted by molar-refractivity contribution is 0.104. The summed E-state index contributed by atoms with van der Waals surface area (Å²) in [5.74, 6) is 2.85. The number of allylic oxidation sites excluding steroid dienone is 1. The lowest BCUT2D eigenvalue weighted by atomic mass is 10.1. The van der Waals surface area contributed by atoms with Gasteiger partial charge in [0.05, 0.1) is 38.6 Å². The quantitative estimate of drug-likeness (QED) is 0.0756. The van der Waals surface area contributed by atoms with Crippen LogP contribution in [-0.2, 0) is 0 Å². The maximum atomic E-state index is 13.5. The van der Waals surface area contributed by atoms with Crippen LogP contribution in [0.25, 0.3) is 6.08 Å². The van der Waals surface area contributed by atoms with Crippen LogP contribution in [0.5, 0.6) is 28.7 Å². The average Bonchev–Trinajstić information content (AvgIpc) is 2.98. The Balaban J connectivity index is 2.44. The summed E-state index contributed by atoms with van der Waals surface area (Å²) < 4.78 is 30.7. The molecule has 2 aromatic carbocycles. The third-order valence-electron chi connectivity index (χ3n) is 6.51. The summed E-state index contributed by atoms with van der Waals surface area (Å²) >= 11 is 0. The second-order valence-electron chi connectivity index (χ2n) is 10.2. The van der Waals surface area contributed by atoms with Gasteiger partial charge < -0.3 is 23.7 Å². The molecule has 0 N–H and O–H groups in total. The predicted octanol–water partition coefficient (Wildman–Crippen LogP) is 9.48. The number of hydrogen-bond acceptors (Lipinski definition) is 6. The Hall–Kier alpha value is -3.15. The Morgan fingerprint density at radius 2 is 1.02 bits per heavy atom. The first-order valence-corrected chi connectivity index (χ1v) is 15.8. The highest BCUT2D eigenvalue weighted by atomic mass is 16.5. The summed E-state index contributed by atoms with van der Waals surface area (Å²) in [5.41, 5.74) is 1.26. The SMILES string of the molecule is CCCCOc1cccc(C(=O)/C=C/c2ccc(OCCCC)c(OCCCC)c2OCCCC)c1OCCCC. The number of benzene rings is 2. The van der Waals surface area contributed by atoms with Gasteiger partial charge in [-0.25, -0.2) is 0 Å². The van der Waals surface area contributed by atoms with E-state index in [4.69, 9.17) is 23.7 Å². The highest BCUT2D eigenvalue weighted by molar-refractivity contribution is 6.09. The summed E-state index contributed by atoms with van der Waals surface area (Å²) in [6, 6.07) is 9.35. The highest BCUT2D eigenvalue weighted by Crippen LogP contribution is 2.42. The number of ketones is 1. The minimum absolute atomic E-state index is 0.159. The topological polar surface area (TPSA) is 63.2 Å². The van der Waals surface area contributed by atoms with E-state index in [1.807, 2.05) is 24.3 Å². The van der Waals surface area contributed by atoms with Gasteiger partial charge in [-0.15, -0.1) is 0 Å². The van der Waals surface area contributed by atoms with E-state index in [-0.39, 0.29) is 5.78 Å². The van der Waals surface area contributed by atoms with Gasteiger partial charge in [-0.1, -0.05) is 72.8 Å². The first-order chi connectivity index (χ1) is 20.1. The van der Waals surface area contributed by atoms with Gasteiger partial charge in [0, 0.05) is 5.56 Å². The summed E-state index contributed by atoms with van der Waals surface area (Å²) in [6.07, 6.45) is 13.1. The molecule has 0 saturated heterocycles. The average molecular weight is 569 g/mol. The molecule has 0 unspecified atom stereocenters. The smallest absolute Gasteiger partial charge is 0.204 e. The number of rotatable bonds is 23. The molecule has 41 heavy (non-hydrogen) atoms. The zero-order chi connectivity index (χ0) is 29.7. The van der Waals surface area contributed by atoms with Gasteiger partial charge in [0.15, 0.2) is 28.8 Å². The van der Waals surface area contributed by atoms with Crippen LogP contribution >= 0.6 is 0 Å². The molecule has 0 saturated carbocycles. The van der Waals surface area contributed by atoms with Gasteiger partial charge in [0.1, 0.15) is 0 Å². The second kappa shape index (κ2) is 20.7. The fraction of sp³-hybridized carbons (Fsp3) is 0.571. The lowest BCUT2D eigenvalue weighted by Gasteiger charge is -2.19. The molecule has 2 rings (SSSR count). The highest BCUT2D eigenvalue weighted by Gasteiger charge is 2.19. The Bertz CT molecular complexity index is 1050. The van der Waals surface area contributed by atoms with E-state index in [1.54, 1.807) is 18.2 Å². The van der Waals surface area contributed by atoms with E-state index >= 15 is 0 Å². The number of carbonyl (C=O) groups is 1. The van der Waals surface area contributed by atoms with Crippen molar-refractivity contribution in [1.29, 1.82) is 0 Å². The molecule has 2 aromatic rings. The Labute approximate surface area is 248 Å². The minimum Gasteiger partial charge on any atom is -0.490 e. The van der Waals surface area contributed by atoms with Crippen molar-refractivity contribution >= 4 is 11.9 Å². The third kappa shape index (κ3) is 11.7. The van der Waals surface area contributed by atoms with E-state index in [2.05, 4.69) is 34.6 Å². The Morgan fingerprint density at radius 3 is 1.56 bits per heavy atom. The van der Waals surface area contributed by atoms with Gasteiger partial charge in [-0.2, -0.15) is 0 Å². The van der Waals surface area contributed by atoms with Crippen LogP contribution in [0.4, 0.5) is 0 Å². The maximum absolute atomic E-state index is 13.5. The number of unbranched alkanes of at least 4 members (excludes halogenated alkanes) is 5. The molecule has 0 radical (unpaired) electrons. The van der Waals surface area contributed by atoms with Crippen LogP contribution in [-0.4, -0.2) is 38.8 Å². The molecular formula is C35H52O6. The molecule has 6 nitrogen and oxygen atoms in total. The molecular weight excluding hydrogens is 516 g/mol. The molecule has 0 spiro atoms. The number of carbonyl (C=O) groups excluding carboxylic acids is 1. The number of ether oxygens (including phenoxy) is 5. The summed E-state index contributed by atoms with van der Waals surface area (Å²) in [4.78, 5) is 13.5. The van der Waals surface area contributed by atoms with Crippen molar-refractivity contribution in [2.24, 2.45) is 0 Å². The number of para-hydroxylation sites is 1. The van der Waals surface area contributed by atoms with E-state index in [0.29, 0.717) is 67.3 Å². The molecule has 0 aliphatic carbocycles. The van der Waals surface area contributed by atoms with Gasteiger partial charge in [0.2, 0.25) is 5.75 Å². The van der Waals surface area contributed by atoms with Gasteiger partial charge in [-0.05, 0) is 68.5 Å². The summed E-state index contributed by atoms with van der Waals surface area (Å²) in [7, 11) is 0. The van der Waals surface area contributed by atoms with E-state index in [9.17, 15) is 4.79 Å². The fourth-order valence-corrected chi connectivity index (χ4v) is 3.93. The molecule has 0 heterocycles. The first kappa shape index (κ1) is 34.1. The molecule has 0 aliphatic heterocycles. The molecule has 0 aromatic heterocycles. The van der Waals surface area contributed by atoms with Gasteiger partial charge in [-0.3, -0.25) is 4.79 Å².